The molecule has 0 spiro atoms. The van der Waals surface area contributed by atoms with E-state index in [1.165, 1.54) is 45.9 Å². The SMILES string of the molecule is C.CC1CCC(C(=O)C=C(O)C2CCC(C)CC2)CC1.Cc1[c-]c(-c2ncc3c4c(cccc24)CC(C)(C)C3)cc(C)c1.[Ir]. The second kappa shape index (κ2) is 15.3. The van der Waals surface area contributed by atoms with Gasteiger partial charge in [-0.05, 0) is 83.4 Å². The van der Waals surface area contributed by atoms with Crippen molar-refractivity contribution < 1.29 is 30.0 Å². The Bertz CT molecular complexity index is 1420. The number of allylic oxidation sites excluding steroid dienone is 2. The van der Waals surface area contributed by atoms with Crippen LogP contribution >= 0.6 is 0 Å². The number of hydrogen-bond acceptors (Lipinski definition) is 3. The van der Waals surface area contributed by atoms with Crippen LogP contribution in [0.2, 0.25) is 0 Å². The average molecular weight is 773 g/mol. The zero-order chi connectivity index (χ0) is 30.0. The molecule has 0 atom stereocenters. The van der Waals surface area contributed by atoms with Crippen LogP contribution in [0.3, 0.4) is 0 Å². The predicted octanol–water partition coefficient (Wildman–Crippen LogP) is 10.7. The molecule has 44 heavy (non-hydrogen) atoms. The smallest absolute Gasteiger partial charge is 0.162 e. The van der Waals surface area contributed by atoms with Gasteiger partial charge in [-0.1, -0.05) is 92.9 Å². The number of ketones is 1. The number of hydrogen-bond donors (Lipinski definition) is 1. The Kier molecular flexibility index (Phi) is 12.6. The van der Waals surface area contributed by atoms with Crippen LogP contribution in [0.1, 0.15) is 109 Å². The largest absolute Gasteiger partial charge is 0.512 e. The Labute approximate surface area is 280 Å². The van der Waals surface area contributed by atoms with Gasteiger partial charge in [-0.3, -0.25) is 4.79 Å². The summed E-state index contributed by atoms with van der Waals surface area (Å²) in [6.45, 7) is 13.5. The van der Waals surface area contributed by atoms with Crippen LogP contribution in [0.15, 0.2) is 48.4 Å². The normalized spacial score (nSPS) is 24.3. The third-order valence-corrected chi connectivity index (χ3v) is 9.96. The molecule has 1 heterocycles. The van der Waals surface area contributed by atoms with Crippen molar-refractivity contribution >= 4 is 16.6 Å². The third-order valence-electron chi connectivity index (χ3n) is 9.96. The summed E-state index contributed by atoms with van der Waals surface area (Å²) in [6.07, 6.45) is 14.7. The van der Waals surface area contributed by atoms with Gasteiger partial charge in [0, 0.05) is 44.2 Å². The molecule has 1 N–H and O–H groups in total. The fraction of sp³-hybridized carbons (Fsp3) is 0.550. The summed E-state index contributed by atoms with van der Waals surface area (Å²) < 4.78 is 0. The van der Waals surface area contributed by atoms with Gasteiger partial charge in [0.15, 0.2) is 5.78 Å². The van der Waals surface area contributed by atoms with Gasteiger partial charge >= 0.3 is 0 Å². The van der Waals surface area contributed by atoms with Gasteiger partial charge in [0.2, 0.25) is 0 Å². The van der Waals surface area contributed by atoms with Crippen LogP contribution in [0.25, 0.3) is 22.0 Å². The molecule has 3 aliphatic rings. The van der Waals surface area contributed by atoms with Crippen LogP contribution in [0.5, 0.6) is 0 Å². The summed E-state index contributed by atoms with van der Waals surface area (Å²) in [5, 5.41) is 12.8. The van der Waals surface area contributed by atoms with Crippen molar-refractivity contribution in [2.45, 2.75) is 113 Å². The van der Waals surface area contributed by atoms with Crippen LogP contribution in [-0.2, 0) is 37.7 Å². The topological polar surface area (TPSA) is 50.2 Å². The number of aryl methyl sites for hydroxylation is 2. The Morgan fingerprint density at radius 2 is 1.50 bits per heavy atom. The molecule has 3 aliphatic carbocycles. The van der Waals surface area contributed by atoms with Crippen LogP contribution in [-0.4, -0.2) is 15.9 Å². The van der Waals surface area contributed by atoms with Gasteiger partial charge < -0.3 is 10.1 Å². The standard InChI is InChI=1S/C22H22N.C17H28O2.CH4.Ir/c1-14-8-15(2)10-17(9-14)21-19-7-5-6-16-11-22(3,4)12-18(13-23-21)20(16)19;1-12-3-7-14(8-4-12)16(18)11-17(19)15-9-5-13(2)6-10-15;;/h5-9,13H,11-12H2,1-4H3;11-15,18H,3-10H2,1-2H3;1H4;/q-1;;;. The van der Waals surface area contributed by atoms with Gasteiger partial charge in [0.1, 0.15) is 0 Å². The minimum Gasteiger partial charge on any atom is -0.512 e. The second-order valence-electron chi connectivity index (χ2n) is 14.6. The molecule has 0 amide bonds. The van der Waals surface area contributed by atoms with Crippen molar-refractivity contribution in [1.29, 1.82) is 0 Å². The number of aliphatic hydroxyl groups excluding tert-OH is 1. The van der Waals surface area contributed by atoms with E-state index in [2.05, 4.69) is 84.1 Å². The van der Waals surface area contributed by atoms with Gasteiger partial charge in [0.05, 0.1) is 5.76 Å². The van der Waals surface area contributed by atoms with E-state index < -0.39 is 0 Å². The van der Waals surface area contributed by atoms with Crippen LogP contribution in [0, 0.1) is 49.0 Å². The molecule has 0 bridgehead atoms. The summed E-state index contributed by atoms with van der Waals surface area (Å²) in [5.41, 5.74) is 7.77. The number of pyridine rings is 1. The van der Waals surface area contributed by atoms with E-state index >= 15 is 0 Å². The van der Waals surface area contributed by atoms with E-state index in [4.69, 9.17) is 4.98 Å². The summed E-state index contributed by atoms with van der Waals surface area (Å²) in [5.74, 6) is 2.48. The van der Waals surface area contributed by atoms with Gasteiger partial charge in [-0.15, -0.1) is 34.9 Å². The zero-order valence-corrected chi connectivity index (χ0v) is 29.5. The van der Waals surface area contributed by atoms with Crippen LogP contribution in [0.4, 0.5) is 0 Å². The molecule has 241 valence electrons. The second-order valence-corrected chi connectivity index (χ2v) is 14.6. The molecule has 0 saturated heterocycles. The molecule has 2 fully saturated rings. The van der Waals surface area contributed by atoms with Crippen molar-refractivity contribution in [2.24, 2.45) is 29.1 Å². The van der Waals surface area contributed by atoms with E-state index in [-0.39, 0.29) is 45.2 Å². The molecule has 6 rings (SSSR count). The van der Waals surface area contributed by atoms with Gasteiger partial charge in [-0.2, -0.15) is 0 Å². The maximum absolute atomic E-state index is 12.2. The molecule has 2 saturated carbocycles. The quantitative estimate of drug-likeness (QED) is 0.163. The molecular weight excluding hydrogens is 719 g/mol. The first-order chi connectivity index (χ1) is 20.0. The minimum absolute atomic E-state index is 0. The van der Waals surface area contributed by atoms with Crippen molar-refractivity contribution in [3.05, 3.63) is 76.7 Å². The molecule has 0 aliphatic heterocycles. The maximum atomic E-state index is 12.2. The van der Waals surface area contributed by atoms with Crippen molar-refractivity contribution in [2.75, 3.05) is 0 Å². The van der Waals surface area contributed by atoms with E-state index in [1.54, 1.807) is 6.08 Å². The van der Waals surface area contributed by atoms with Gasteiger partial charge in [0.25, 0.3) is 0 Å². The van der Waals surface area contributed by atoms with Crippen molar-refractivity contribution in [3.8, 4) is 11.3 Å². The molecule has 1 aromatic heterocycles. The fourth-order valence-electron chi connectivity index (χ4n) is 7.55. The number of aromatic nitrogens is 1. The van der Waals surface area contributed by atoms with E-state index in [9.17, 15) is 9.90 Å². The average Bonchev–Trinajstić information content (AvgIpc) is 2.93. The van der Waals surface area contributed by atoms with E-state index in [1.807, 2.05) is 0 Å². The first-order valence-corrected chi connectivity index (χ1v) is 16.3. The Hall–Kier alpha value is -2.29. The monoisotopic (exact) mass is 773 g/mol. The molecular formula is C40H54IrNO2-. The molecule has 2 aromatic carbocycles. The molecule has 4 heteroatoms. The zero-order valence-electron chi connectivity index (χ0n) is 27.1. The minimum atomic E-state index is 0. The van der Waals surface area contributed by atoms with Gasteiger partial charge in [-0.25, -0.2) is 0 Å². The number of rotatable bonds is 4. The summed E-state index contributed by atoms with van der Waals surface area (Å²) in [7, 11) is 0. The Balaban J connectivity index is 0.000000234. The number of benzene rings is 2. The van der Waals surface area contributed by atoms with Crippen molar-refractivity contribution in [1.82, 2.24) is 4.98 Å². The first kappa shape index (κ1) is 36.2. The van der Waals surface area contributed by atoms with E-state index in [0.29, 0.717) is 11.2 Å². The molecule has 0 unspecified atom stereocenters. The van der Waals surface area contributed by atoms with Crippen molar-refractivity contribution in [3.63, 3.8) is 0 Å². The van der Waals surface area contributed by atoms with E-state index in [0.717, 1.165) is 74.5 Å². The van der Waals surface area contributed by atoms with Crippen LogP contribution < -0.4 is 0 Å². The number of nitrogens with zero attached hydrogens (tertiary/aromatic N) is 1. The molecule has 3 aromatic rings. The Morgan fingerprint density at radius 1 is 0.909 bits per heavy atom. The number of aliphatic hydroxyl groups is 1. The summed E-state index contributed by atoms with van der Waals surface area (Å²) in [4.78, 5) is 17.0. The number of carbonyl (C=O) groups excluding carboxylic acids is 1. The fourth-order valence-corrected chi connectivity index (χ4v) is 7.55. The summed E-state index contributed by atoms with van der Waals surface area (Å²) in [6, 6.07) is 14.5. The molecule has 3 nitrogen and oxygen atoms in total. The Morgan fingerprint density at radius 3 is 2.11 bits per heavy atom. The number of carbonyl (C=O) groups is 1. The first-order valence-electron chi connectivity index (χ1n) is 16.3. The predicted molar refractivity (Wildman–Crippen MR) is 181 cm³/mol. The third kappa shape index (κ3) is 8.70. The summed E-state index contributed by atoms with van der Waals surface area (Å²) >= 11 is 0. The maximum Gasteiger partial charge on any atom is 0.162 e. The molecule has 1 radical (unpaired) electrons.